The quantitative estimate of drug-likeness (QED) is 0.526. The number of hydrogen-bond donors (Lipinski definition) is 1. The van der Waals surface area contributed by atoms with Crippen LogP contribution in [0.1, 0.15) is 46.0 Å². The van der Waals surface area contributed by atoms with Gasteiger partial charge in [0.05, 0.1) is 4.99 Å². The predicted octanol–water partition coefficient (Wildman–Crippen LogP) is 2.34. The molecule has 3 nitrogen and oxygen atoms in total. The van der Waals surface area contributed by atoms with Gasteiger partial charge in [-0.05, 0) is 6.42 Å². The molecule has 0 aliphatic carbocycles. The Morgan fingerprint density at radius 1 is 1.38 bits per heavy atom. The summed E-state index contributed by atoms with van der Waals surface area (Å²) in [5, 5.41) is 0. The minimum atomic E-state index is 0.0968. The fourth-order valence-electron chi connectivity index (χ4n) is 1.50. The van der Waals surface area contributed by atoms with Gasteiger partial charge in [-0.3, -0.25) is 4.79 Å². The Hall–Kier alpha value is -0.640. The number of unbranched alkanes of at least 4 members (excludes halogenated alkanes) is 3. The van der Waals surface area contributed by atoms with Crippen molar-refractivity contribution in [2.24, 2.45) is 11.7 Å². The van der Waals surface area contributed by atoms with Crippen molar-refractivity contribution in [3.05, 3.63) is 0 Å². The lowest BCUT2D eigenvalue weighted by molar-refractivity contribution is -0.130. The average Bonchev–Trinajstić information content (AvgIpc) is 2.23. The number of carbonyl (C=O) groups is 1. The summed E-state index contributed by atoms with van der Waals surface area (Å²) >= 11 is 4.88. The normalized spacial score (nSPS) is 12.2. The van der Waals surface area contributed by atoms with Crippen molar-refractivity contribution in [2.75, 3.05) is 13.6 Å². The van der Waals surface area contributed by atoms with Gasteiger partial charge in [0.25, 0.3) is 0 Å². The molecule has 0 heterocycles. The number of rotatable bonds is 8. The number of carbonyl (C=O) groups excluding carboxylic acids is 1. The molecule has 0 rings (SSSR count). The van der Waals surface area contributed by atoms with Gasteiger partial charge >= 0.3 is 0 Å². The predicted molar refractivity (Wildman–Crippen MR) is 72.3 cm³/mol. The van der Waals surface area contributed by atoms with E-state index in [0.717, 1.165) is 12.8 Å². The third kappa shape index (κ3) is 6.77. The maximum absolute atomic E-state index is 11.7. The second kappa shape index (κ2) is 8.50. The molecule has 1 unspecified atom stereocenters. The number of amides is 1. The zero-order chi connectivity index (χ0) is 12.6. The number of nitrogens with two attached hydrogens (primary N) is 1. The van der Waals surface area contributed by atoms with Gasteiger partial charge in [0.15, 0.2) is 0 Å². The highest BCUT2D eigenvalue weighted by atomic mass is 32.1. The lowest BCUT2D eigenvalue weighted by Gasteiger charge is -2.20. The average molecular weight is 244 g/mol. The zero-order valence-electron chi connectivity index (χ0n) is 10.7. The van der Waals surface area contributed by atoms with E-state index >= 15 is 0 Å². The molecule has 0 fully saturated rings. The molecule has 0 saturated carbocycles. The van der Waals surface area contributed by atoms with Gasteiger partial charge in [-0.1, -0.05) is 45.3 Å². The van der Waals surface area contributed by atoms with Crippen LogP contribution in [0.2, 0.25) is 0 Å². The fraction of sp³-hybridized carbons (Fsp3) is 0.833. The van der Waals surface area contributed by atoms with Crippen LogP contribution in [0.5, 0.6) is 0 Å². The molecule has 0 bridgehead atoms. The van der Waals surface area contributed by atoms with Crippen molar-refractivity contribution >= 4 is 23.1 Å². The van der Waals surface area contributed by atoms with Crippen molar-refractivity contribution in [3.8, 4) is 0 Å². The van der Waals surface area contributed by atoms with E-state index in [9.17, 15) is 4.79 Å². The minimum Gasteiger partial charge on any atom is -0.393 e. The molecule has 0 aromatic heterocycles. The maximum Gasteiger partial charge on any atom is 0.222 e. The van der Waals surface area contributed by atoms with Gasteiger partial charge in [-0.2, -0.15) is 0 Å². The lowest BCUT2D eigenvalue weighted by atomic mass is 10.1. The van der Waals surface area contributed by atoms with E-state index in [1.54, 1.807) is 4.90 Å². The maximum atomic E-state index is 11.7. The van der Waals surface area contributed by atoms with Crippen molar-refractivity contribution in [1.82, 2.24) is 4.90 Å². The summed E-state index contributed by atoms with van der Waals surface area (Å²) in [6, 6.07) is 0. The van der Waals surface area contributed by atoms with Crippen LogP contribution in [0.25, 0.3) is 0 Å². The van der Waals surface area contributed by atoms with Gasteiger partial charge in [-0.15, -0.1) is 0 Å². The molecule has 1 atom stereocenters. The van der Waals surface area contributed by atoms with Crippen LogP contribution in [0.3, 0.4) is 0 Å². The Balaban J connectivity index is 3.77. The summed E-state index contributed by atoms with van der Waals surface area (Å²) in [7, 11) is 1.82. The zero-order valence-corrected chi connectivity index (χ0v) is 11.5. The van der Waals surface area contributed by atoms with Crippen molar-refractivity contribution < 1.29 is 4.79 Å². The summed E-state index contributed by atoms with van der Waals surface area (Å²) < 4.78 is 0. The van der Waals surface area contributed by atoms with E-state index in [1.807, 2.05) is 14.0 Å². The van der Waals surface area contributed by atoms with Gasteiger partial charge < -0.3 is 10.6 Å². The smallest absolute Gasteiger partial charge is 0.222 e. The largest absolute Gasteiger partial charge is 0.393 e. The second-order valence-electron chi connectivity index (χ2n) is 4.39. The molecular weight excluding hydrogens is 220 g/mol. The van der Waals surface area contributed by atoms with E-state index in [1.165, 1.54) is 12.8 Å². The first kappa shape index (κ1) is 15.4. The molecular formula is C12H24N2OS. The molecule has 2 N–H and O–H groups in total. The summed E-state index contributed by atoms with van der Waals surface area (Å²) in [4.78, 5) is 13.9. The summed E-state index contributed by atoms with van der Waals surface area (Å²) in [6.45, 7) is 4.74. The molecule has 1 amide bonds. The van der Waals surface area contributed by atoms with Crippen LogP contribution >= 0.6 is 12.2 Å². The first-order chi connectivity index (χ1) is 7.49. The van der Waals surface area contributed by atoms with Crippen LogP contribution in [0.15, 0.2) is 0 Å². The van der Waals surface area contributed by atoms with E-state index in [4.69, 9.17) is 18.0 Å². The molecule has 4 heteroatoms. The fourth-order valence-corrected chi connectivity index (χ4v) is 1.57. The van der Waals surface area contributed by atoms with E-state index in [2.05, 4.69) is 6.92 Å². The SMILES string of the molecule is CCCCCCC(=O)N(C)CC(C)C(N)=S. The molecule has 0 spiro atoms. The standard InChI is InChI=1S/C12H24N2OS/c1-4-5-6-7-8-11(15)14(3)9-10(2)12(13)16/h10H,4-9H2,1-3H3,(H2,13,16). The molecule has 0 saturated heterocycles. The Labute approximate surface area is 104 Å². The van der Waals surface area contributed by atoms with Gasteiger partial charge in [0.2, 0.25) is 5.91 Å². The Morgan fingerprint density at radius 3 is 2.50 bits per heavy atom. The Kier molecular flexibility index (Phi) is 8.16. The molecule has 0 aromatic rings. The van der Waals surface area contributed by atoms with Crippen molar-refractivity contribution in [1.29, 1.82) is 0 Å². The van der Waals surface area contributed by atoms with Crippen LogP contribution in [0, 0.1) is 5.92 Å². The number of thiocarbonyl (C=S) groups is 1. The third-order valence-electron chi connectivity index (χ3n) is 2.70. The lowest BCUT2D eigenvalue weighted by Crippen LogP contribution is -2.35. The molecule has 94 valence electrons. The van der Waals surface area contributed by atoms with Crippen molar-refractivity contribution in [3.63, 3.8) is 0 Å². The molecule has 0 aliphatic rings. The van der Waals surface area contributed by atoms with E-state index in [-0.39, 0.29) is 11.8 Å². The van der Waals surface area contributed by atoms with E-state index in [0.29, 0.717) is 18.0 Å². The first-order valence-corrected chi connectivity index (χ1v) is 6.43. The second-order valence-corrected chi connectivity index (χ2v) is 4.86. The van der Waals surface area contributed by atoms with Crippen LogP contribution < -0.4 is 5.73 Å². The highest BCUT2D eigenvalue weighted by molar-refractivity contribution is 7.80. The Morgan fingerprint density at radius 2 is 2.00 bits per heavy atom. The van der Waals surface area contributed by atoms with Crippen LogP contribution in [0.4, 0.5) is 0 Å². The first-order valence-electron chi connectivity index (χ1n) is 6.02. The number of nitrogens with zero attached hydrogens (tertiary/aromatic N) is 1. The summed E-state index contributed by atoms with van der Waals surface area (Å²) in [5.74, 6) is 0.291. The van der Waals surface area contributed by atoms with Crippen molar-refractivity contribution in [2.45, 2.75) is 46.0 Å². The van der Waals surface area contributed by atoms with Gasteiger partial charge in [-0.25, -0.2) is 0 Å². The van der Waals surface area contributed by atoms with Crippen LogP contribution in [-0.2, 0) is 4.79 Å². The Bertz CT molecular complexity index is 231. The third-order valence-corrected chi connectivity index (χ3v) is 3.11. The van der Waals surface area contributed by atoms with Crippen LogP contribution in [-0.4, -0.2) is 29.4 Å². The number of hydrogen-bond acceptors (Lipinski definition) is 2. The molecule has 0 radical (unpaired) electrons. The topological polar surface area (TPSA) is 46.3 Å². The monoisotopic (exact) mass is 244 g/mol. The van der Waals surface area contributed by atoms with E-state index < -0.39 is 0 Å². The highest BCUT2D eigenvalue weighted by Crippen LogP contribution is 2.06. The highest BCUT2D eigenvalue weighted by Gasteiger charge is 2.13. The molecule has 16 heavy (non-hydrogen) atoms. The summed E-state index contributed by atoms with van der Waals surface area (Å²) in [5.41, 5.74) is 5.52. The van der Waals surface area contributed by atoms with Gasteiger partial charge in [0, 0.05) is 25.9 Å². The molecule has 0 aromatic carbocycles. The van der Waals surface area contributed by atoms with Gasteiger partial charge in [0.1, 0.15) is 0 Å². The summed E-state index contributed by atoms with van der Waals surface area (Å²) in [6.07, 6.45) is 5.17. The minimum absolute atomic E-state index is 0.0968. The molecule has 0 aliphatic heterocycles.